The van der Waals surface area contributed by atoms with Crippen molar-refractivity contribution in [2.75, 3.05) is 6.26 Å². The van der Waals surface area contributed by atoms with Gasteiger partial charge in [-0.1, -0.05) is 42.2 Å². The van der Waals surface area contributed by atoms with E-state index >= 15 is 0 Å². The summed E-state index contributed by atoms with van der Waals surface area (Å²) in [6.45, 7) is 2.10. The maximum Gasteiger partial charge on any atom is 0.278 e. The first-order chi connectivity index (χ1) is 13.5. The standard InChI is InChI=1S/C20H16FN3OS3/c1-3-12-4-8-14(9-5-12)23-17-16(28-20(23)26)18(25)24(19(22-17)27-2)15-10-6-13(21)7-11-15/h4-11H,3H2,1-2H3. The minimum absolute atomic E-state index is 0.207. The van der Waals surface area contributed by atoms with Gasteiger partial charge in [0.2, 0.25) is 0 Å². The number of hydrogen-bond donors (Lipinski definition) is 0. The molecular formula is C20H16FN3OS3. The molecule has 0 spiro atoms. The summed E-state index contributed by atoms with van der Waals surface area (Å²) < 4.78 is 17.7. The van der Waals surface area contributed by atoms with E-state index in [0.29, 0.717) is 25.1 Å². The topological polar surface area (TPSA) is 39.8 Å². The fraction of sp³-hybridized carbons (Fsp3) is 0.150. The second-order valence-electron chi connectivity index (χ2n) is 6.09. The van der Waals surface area contributed by atoms with Gasteiger partial charge in [0.15, 0.2) is 14.8 Å². The number of thioether (sulfide) groups is 1. The molecule has 0 aliphatic carbocycles. The Labute approximate surface area is 174 Å². The van der Waals surface area contributed by atoms with Gasteiger partial charge in [0, 0.05) is 5.69 Å². The number of benzene rings is 2. The molecule has 8 heteroatoms. The molecule has 2 aromatic carbocycles. The molecule has 2 heterocycles. The van der Waals surface area contributed by atoms with Gasteiger partial charge in [-0.2, -0.15) is 0 Å². The molecule has 0 atom stereocenters. The van der Waals surface area contributed by atoms with Crippen molar-refractivity contribution in [1.29, 1.82) is 0 Å². The molecule has 0 unspecified atom stereocenters. The third-order valence-electron chi connectivity index (χ3n) is 4.45. The first-order valence-electron chi connectivity index (χ1n) is 8.61. The van der Waals surface area contributed by atoms with Crippen molar-refractivity contribution in [1.82, 2.24) is 14.1 Å². The first-order valence-corrected chi connectivity index (χ1v) is 11.1. The Morgan fingerprint density at radius 3 is 2.29 bits per heavy atom. The molecule has 0 N–H and O–H groups in total. The summed E-state index contributed by atoms with van der Waals surface area (Å²) in [6.07, 6.45) is 2.81. The van der Waals surface area contributed by atoms with E-state index in [1.807, 2.05) is 23.0 Å². The molecule has 0 radical (unpaired) electrons. The van der Waals surface area contributed by atoms with Crippen LogP contribution >= 0.6 is 35.3 Å². The highest BCUT2D eigenvalue weighted by Crippen LogP contribution is 2.27. The van der Waals surface area contributed by atoms with E-state index in [-0.39, 0.29) is 11.4 Å². The molecule has 0 aliphatic rings. The number of halogens is 1. The number of nitrogens with zero attached hydrogens (tertiary/aromatic N) is 3. The molecule has 0 saturated carbocycles. The van der Waals surface area contributed by atoms with E-state index in [1.54, 1.807) is 12.1 Å². The van der Waals surface area contributed by atoms with Crippen LogP contribution in [0, 0.1) is 9.77 Å². The summed E-state index contributed by atoms with van der Waals surface area (Å²) in [5, 5.41) is 0.524. The largest absolute Gasteiger partial charge is 0.278 e. The van der Waals surface area contributed by atoms with Crippen LogP contribution in [0.1, 0.15) is 12.5 Å². The number of aryl methyl sites for hydroxylation is 1. The van der Waals surface area contributed by atoms with E-state index in [1.165, 1.54) is 45.4 Å². The summed E-state index contributed by atoms with van der Waals surface area (Å²) in [5.41, 5.74) is 3.02. The van der Waals surface area contributed by atoms with Crippen LogP contribution in [0.3, 0.4) is 0 Å². The second-order valence-corrected chi connectivity index (χ2v) is 8.51. The Bertz CT molecular complexity index is 1270. The Balaban J connectivity index is 2.00. The number of fused-ring (bicyclic) bond motifs is 1. The average Bonchev–Trinajstić information content (AvgIpc) is 3.05. The highest BCUT2D eigenvalue weighted by molar-refractivity contribution is 7.98. The van der Waals surface area contributed by atoms with Crippen molar-refractivity contribution in [3.05, 3.63) is 74.2 Å². The van der Waals surface area contributed by atoms with Crippen molar-refractivity contribution in [2.24, 2.45) is 0 Å². The third kappa shape index (κ3) is 3.21. The van der Waals surface area contributed by atoms with Gasteiger partial charge < -0.3 is 0 Å². The summed E-state index contributed by atoms with van der Waals surface area (Å²) >= 11 is 8.15. The molecule has 28 heavy (non-hydrogen) atoms. The summed E-state index contributed by atoms with van der Waals surface area (Å²) in [5.74, 6) is -0.353. The SMILES string of the molecule is CCc1ccc(-n2c(=S)sc3c(=O)n(-c4ccc(F)cc4)c(SC)nc32)cc1. The van der Waals surface area contributed by atoms with E-state index in [4.69, 9.17) is 17.2 Å². The zero-order valence-electron chi connectivity index (χ0n) is 15.2. The molecular weight excluding hydrogens is 413 g/mol. The van der Waals surface area contributed by atoms with Gasteiger partial charge in [0.25, 0.3) is 5.56 Å². The quantitative estimate of drug-likeness (QED) is 0.248. The van der Waals surface area contributed by atoms with E-state index in [2.05, 4.69) is 19.1 Å². The molecule has 0 saturated heterocycles. The van der Waals surface area contributed by atoms with Gasteiger partial charge >= 0.3 is 0 Å². The number of rotatable bonds is 4. The monoisotopic (exact) mass is 429 g/mol. The van der Waals surface area contributed by atoms with Gasteiger partial charge in [-0.25, -0.2) is 9.37 Å². The molecule has 4 rings (SSSR count). The van der Waals surface area contributed by atoms with Crippen LogP contribution in [0.2, 0.25) is 0 Å². The molecule has 0 aliphatic heterocycles. The van der Waals surface area contributed by atoms with Crippen LogP contribution in [0.4, 0.5) is 4.39 Å². The number of thiazole rings is 1. The molecule has 0 bridgehead atoms. The van der Waals surface area contributed by atoms with Crippen LogP contribution in [0.15, 0.2) is 58.5 Å². The van der Waals surface area contributed by atoms with Crippen LogP contribution in [-0.4, -0.2) is 20.4 Å². The van der Waals surface area contributed by atoms with Crippen LogP contribution < -0.4 is 5.56 Å². The van der Waals surface area contributed by atoms with Gasteiger partial charge in [0.05, 0.1) is 5.69 Å². The predicted molar refractivity (Wildman–Crippen MR) is 116 cm³/mol. The second kappa shape index (κ2) is 7.62. The van der Waals surface area contributed by atoms with Gasteiger partial charge in [-0.3, -0.25) is 13.9 Å². The number of aromatic nitrogens is 3. The summed E-state index contributed by atoms with van der Waals surface area (Å²) in [7, 11) is 0. The maximum absolute atomic E-state index is 13.3. The van der Waals surface area contributed by atoms with E-state index in [0.717, 1.165) is 12.1 Å². The zero-order valence-corrected chi connectivity index (χ0v) is 17.6. The average molecular weight is 430 g/mol. The maximum atomic E-state index is 13.3. The Morgan fingerprint density at radius 1 is 1.07 bits per heavy atom. The lowest BCUT2D eigenvalue weighted by Gasteiger charge is -2.11. The normalized spacial score (nSPS) is 11.2. The molecule has 4 aromatic rings. The van der Waals surface area contributed by atoms with E-state index < -0.39 is 0 Å². The number of hydrogen-bond acceptors (Lipinski definition) is 5. The van der Waals surface area contributed by atoms with Crippen molar-refractivity contribution < 1.29 is 4.39 Å². The molecule has 2 aromatic heterocycles. The van der Waals surface area contributed by atoms with Crippen LogP contribution in [0.5, 0.6) is 0 Å². The van der Waals surface area contributed by atoms with Gasteiger partial charge in [-0.15, -0.1) is 0 Å². The molecule has 4 nitrogen and oxygen atoms in total. The first kappa shape index (κ1) is 19.0. The van der Waals surface area contributed by atoms with Crippen LogP contribution in [-0.2, 0) is 6.42 Å². The fourth-order valence-corrected chi connectivity index (χ4v) is 4.85. The lowest BCUT2D eigenvalue weighted by atomic mass is 10.1. The molecule has 142 valence electrons. The zero-order chi connectivity index (χ0) is 19.8. The van der Waals surface area contributed by atoms with Gasteiger partial charge in [0.1, 0.15) is 10.5 Å². The van der Waals surface area contributed by atoms with Crippen molar-refractivity contribution in [3.63, 3.8) is 0 Å². The minimum Gasteiger partial charge on any atom is -0.275 e. The predicted octanol–water partition coefficient (Wildman–Crippen LogP) is 5.39. The van der Waals surface area contributed by atoms with Crippen molar-refractivity contribution >= 4 is 45.7 Å². The van der Waals surface area contributed by atoms with Gasteiger partial charge in [-0.05, 0) is 66.9 Å². The fourth-order valence-electron chi connectivity index (χ4n) is 3.00. The smallest absolute Gasteiger partial charge is 0.275 e. The molecule has 0 amide bonds. The molecule has 0 fully saturated rings. The Morgan fingerprint density at radius 2 is 1.68 bits per heavy atom. The lowest BCUT2D eigenvalue weighted by Crippen LogP contribution is -2.21. The van der Waals surface area contributed by atoms with Crippen LogP contribution in [0.25, 0.3) is 21.7 Å². The van der Waals surface area contributed by atoms with Crippen molar-refractivity contribution in [2.45, 2.75) is 18.5 Å². The summed E-state index contributed by atoms with van der Waals surface area (Å²) in [6, 6.07) is 13.9. The Hall–Kier alpha value is -2.29. The highest BCUT2D eigenvalue weighted by Gasteiger charge is 2.18. The minimum atomic E-state index is -0.353. The lowest BCUT2D eigenvalue weighted by molar-refractivity contribution is 0.627. The summed E-state index contributed by atoms with van der Waals surface area (Å²) in [4.78, 5) is 18.0. The highest BCUT2D eigenvalue weighted by atomic mass is 32.2. The third-order valence-corrected chi connectivity index (χ3v) is 6.44. The van der Waals surface area contributed by atoms with Crippen molar-refractivity contribution in [3.8, 4) is 11.4 Å². The Kier molecular flexibility index (Phi) is 5.18. The van der Waals surface area contributed by atoms with E-state index in [9.17, 15) is 9.18 Å².